The molecule has 0 bridgehead atoms. The Labute approximate surface area is 125 Å². The highest BCUT2D eigenvalue weighted by Crippen LogP contribution is 2.30. The summed E-state index contributed by atoms with van der Waals surface area (Å²) >= 11 is 0. The topological polar surface area (TPSA) is 35.2 Å². The predicted molar refractivity (Wildman–Crippen MR) is 84.3 cm³/mol. The van der Waals surface area contributed by atoms with E-state index in [4.69, 9.17) is 10.5 Å². The predicted octanol–water partition coefficient (Wildman–Crippen LogP) is 3.68. The zero-order chi connectivity index (χ0) is 15.2. The van der Waals surface area contributed by atoms with Gasteiger partial charge in [0.2, 0.25) is 0 Å². The largest absolute Gasteiger partial charge is 0.496 e. The summed E-state index contributed by atoms with van der Waals surface area (Å²) in [6, 6.07) is 12.9. The third-order valence-electron chi connectivity index (χ3n) is 3.80. The van der Waals surface area contributed by atoms with Crippen molar-refractivity contribution in [2.24, 2.45) is 5.73 Å². The SMILES string of the molecule is CCc1ccc(OC)c(C(CN)Cc2cccc(F)c2)c1. The van der Waals surface area contributed by atoms with Crippen molar-refractivity contribution in [1.82, 2.24) is 0 Å². The first-order valence-electron chi connectivity index (χ1n) is 7.29. The average molecular weight is 287 g/mol. The van der Waals surface area contributed by atoms with Crippen molar-refractivity contribution in [3.05, 3.63) is 65.0 Å². The Morgan fingerprint density at radius 3 is 2.57 bits per heavy atom. The van der Waals surface area contributed by atoms with Gasteiger partial charge in [-0.25, -0.2) is 4.39 Å². The molecular weight excluding hydrogens is 265 g/mol. The molecule has 0 aliphatic carbocycles. The molecule has 2 nitrogen and oxygen atoms in total. The fraction of sp³-hybridized carbons (Fsp3) is 0.333. The molecule has 1 unspecified atom stereocenters. The minimum atomic E-state index is -0.211. The van der Waals surface area contributed by atoms with Gasteiger partial charge in [0.1, 0.15) is 11.6 Å². The third-order valence-corrected chi connectivity index (χ3v) is 3.80. The Morgan fingerprint density at radius 1 is 1.14 bits per heavy atom. The first kappa shape index (κ1) is 15.5. The Bertz CT molecular complexity index is 598. The lowest BCUT2D eigenvalue weighted by Crippen LogP contribution is -2.16. The lowest BCUT2D eigenvalue weighted by molar-refractivity contribution is 0.405. The Hall–Kier alpha value is -1.87. The molecule has 0 heterocycles. The van der Waals surface area contributed by atoms with Crippen LogP contribution in [0.2, 0.25) is 0 Å². The van der Waals surface area contributed by atoms with E-state index in [9.17, 15) is 4.39 Å². The molecule has 3 heteroatoms. The van der Waals surface area contributed by atoms with Crippen molar-refractivity contribution in [1.29, 1.82) is 0 Å². The summed E-state index contributed by atoms with van der Waals surface area (Å²) in [7, 11) is 1.67. The van der Waals surface area contributed by atoms with E-state index in [1.54, 1.807) is 19.2 Å². The second-order valence-corrected chi connectivity index (χ2v) is 5.20. The summed E-state index contributed by atoms with van der Waals surface area (Å²) < 4.78 is 18.8. The monoisotopic (exact) mass is 287 g/mol. The van der Waals surface area contributed by atoms with Gasteiger partial charge in [-0.15, -0.1) is 0 Å². The van der Waals surface area contributed by atoms with E-state index in [2.05, 4.69) is 19.1 Å². The molecule has 0 fully saturated rings. The normalized spacial score (nSPS) is 12.2. The first-order chi connectivity index (χ1) is 10.2. The van der Waals surface area contributed by atoms with E-state index >= 15 is 0 Å². The lowest BCUT2D eigenvalue weighted by Gasteiger charge is -2.19. The fourth-order valence-electron chi connectivity index (χ4n) is 2.59. The minimum Gasteiger partial charge on any atom is -0.496 e. The van der Waals surface area contributed by atoms with Crippen molar-refractivity contribution in [3.8, 4) is 5.75 Å². The van der Waals surface area contributed by atoms with Crippen molar-refractivity contribution in [2.75, 3.05) is 13.7 Å². The molecule has 2 aromatic carbocycles. The van der Waals surface area contributed by atoms with Gasteiger partial charge in [-0.3, -0.25) is 0 Å². The van der Waals surface area contributed by atoms with E-state index < -0.39 is 0 Å². The van der Waals surface area contributed by atoms with Crippen LogP contribution in [0.3, 0.4) is 0 Å². The summed E-state index contributed by atoms with van der Waals surface area (Å²) in [4.78, 5) is 0. The van der Waals surface area contributed by atoms with Gasteiger partial charge in [-0.05, 0) is 54.3 Å². The number of hydrogen-bond acceptors (Lipinski definition) is 2. The molecule has 0 amide bonds. The molecule has 2 N–H and O–H groups in total. The molecule has 0 saturated heterocycles. The van der Waals surface area contributed by atoms with E-state index in [0.29, 0.717) is 13.0 Å². The van der Waals surface area contributed by atoms with Gasteiger partial charge in [-0.1, -0.05) is 31.2 Å². The van der Waals surface area contributed by atoms with Crippen LogP contribution in [-0.2, 0) is 12.8 Å². The molecule has 0 saturated carbocycles. The molecule has 112 valence electrons. The van der Waals surface area contributed by atoms with Gasteiger partial charge in [0.05, 0.1) is 7.11 Å². The van der Waals surface area contributed by atoms with Crippen LogP contribution in [0.15, 0.2) is 42.5 Å². The number of nitrogens with two attached hydrogens (primary N) is 1. The molecule has 0 aliphatic rings. The number of aryl methyl sites for hydroxylation is 1. The molecule has 1 atom stereocenters. The molecule has 0 aromatic heterocycles. The average Bonchev–Trinajstić information content (AvgIpc) is 2.52. The van der Waals surface area contributed by atoms with E-state index in [1.165, 1.54) is 11.6 Å². The summed E-state index contributed by atoms with van der Waals surface area (Å²) in [5, 5.41) is 0. The zero-order valence-corrected chi connectivity index (χ0v) is 12.6. The Balaban J connectivity index is 2.32. The summed E-state index contributed by atoms with van der Waals surface area (Å²) in [5.41, 5.74) is 9.26. The van der Waals surface area contributed by atoms with Crippen molar-refractivity contribution in [2.45, 2.75) is 25.7 Å². The van der Waals surface area contributed by atoms with Crippen LogP contribution in [0.4, 0.5) is 4.39 Å². The van der Waals surface area contributed by atoms with Crippen LogP contribution in [0.5, 0.6) is 5.75 Å². The second kappa shape index (κ2) is 7.23. The van der Waals surface area contributed by atoms with Crippen LogP contribution in [0, 0.1) is 5.82 Å². The van der Waals surface area contributed by atoms with Crippen LogP contribution < -0.4 is 10.5 Å². The van der Waals surface area contributed by atoms with Crippen LogP contribution in [0.1, 0.15) is 29.5 Å². The van der Waals surface area contributed by atoms with Crippen LogP contribution >= 0.6 is 0 Å². The Morgan fingerprint density at radius 2 is 1.95 bits per heavy atom. The number of methoxy groups -OCH3 is 1. The smallest absolute Gasteiger partial charge is 0.123 e. The zero-order valence-electron chi connectivity index (χ0n) is 12.6. The lowest BCUT2D eigenvalue weighted by atomic mass is 9.90. The van der Waals surface area contributed by atoms with Gasteiger partial charge in [0.25, 0.3) is 0 Å². The van der Waals surface area contributed by atoms with Gasteiger partial charge in [0, 0.05) is 5.92 Å². The molecule has 2 aromatic rings. The minimum absolute atomic E-state index is 0.119. The highest BCUT2D eigenvalue weighted by molar-refractivity contribution is 5.41. The Kier molecular flexibility index (Phi) is 5.34. The molecular formula is C18H22FNO. The maximum atomic E-state index is 13.3. The van der Waals surface area contributed by atoms with E-state index in [1.807, 2.05) is 12.1 Å². The third kappa shape index (κ3) is 3.82. The van der Waals surface area contributed by atoms with Crippen molar-refractivity contribution in [3.63, 3.8) is 0 Å². The molecule has 0 radical (unpaired) electrons. The summed E-state index contributed by atoms with van der Waals surface area (Å²) in [5.74, 6) is 0.754. The van der Waals surface area contributed by atoms with Gasteiger partial charge in [0.15, 0.2) is 0 Å². The maximum absolute atomic E-state index is 13.3. The quantitative estimate of drug-likeness (QED) is 0.879. The first-order valence-corrected chi connectivity index (χ1v) is 7.29. The molecule has 0 aliphatic heterocycles. The highest BCUT2D eigenvalue weighted by Gasteiger charge is 2.16. The van der Waals surface area contributed by atoms with Gasteiger partial charge < -0.3 is 10.5 Å². The summed E-state index contributed by atoms with van der Waals surface area (Å²) in [6.07, 6.45) is 1.67. The van der Waals surface area contributed by atoms with Crippen LogP contribution in [0.25, 0.3) is 0 Å². The fourth-order valence-corrected chi connectivity index (χ4v) is 2.59. The standard InChI is InChI=1S/C18H22FNO/c1-3-13-7-8-18(21-2)17(11-13)15(12-20)9-14-5-4-6-16(19)10-14/h4-8,10-11,15H,3,9,12,20H2,1-2H3. The molecule has 21 heavy (non-hydrogen) atoms. The number of hydrogen-bond donors (Lipinski definition) is 1. The molecule has 2 rings (SSSR count). The van der Waals surface area contributed by atoms with Gasteiger partial charge in [-0.2, -0.15) is 0 Å². The maximum Gasteiger partial charge on any atom is 0.123 e. The highest BCUT2D eigenvalue weighted by atomic mass is 19.1. The number of rotatable bonds is 6. The molecule has 0 spiro atoms. The van der Waals surface area contributed by atoms with Gasteiger partial charge >= 0.3 is 0 Å². The number of benzene rings is 2. The second-order valence-electron chi connectivity index (χ2n) is 5.20. The van der Waals surface area contributed by atoms with E-state index in [0.717, 1.165) is 23.3 Å². The van der Waals surface area contributed by atoms with Crippen molar-refractivity contribution >= 4 is 0 Å². The summed E-state index contributed by atoms with van der Waals surface area (Å²) in [6.45, 7) is 2.62. The van der Waals surface area contributed by atoms with Crippen molar-refractivity contribution < 1.29 is 9.13 Å². The number of halogens is 1. The van der Waals surface area contributed by atoms with Crippen LogP contribution in [-0.4, -0.2) is 13.7 Å². The van der Waals surface area contributed by atoms with E-state index in [-0.39, 0.29) is 11.7 Å². The number of ether oxygens (including phenoxy) is 1.